The van der Waals surface area contributed by atoms with Gasteiger partial charge in [-0.15, -0.1) is 11.3 Å². The summed E-state index contributed by atoms with van der Waals surface area (Å²) in [6, 6.07) is 5.48. The van der Waals surface area contributed by atoms with Crippen LogP contribution in [0.15, 0.2) is 18.2 Å². The van der Waals surface area contributed by atoms with Crippen molar-refractivity contribution in [2.45, 2.75) is 6.92 Å². The van der Waals surface area contributed by atoms with Crippen molar-refractivity contribution in [1.82, 2.24) is 4.98 Å². The van der Waals surface area contributed by atoms with Gasteiger partial charge in [-0.1, -0.05) is 6.07 Å². The number of para-hydroxylation sites is 1. The number of benzene rings is 1. The molecule has 0 unspecified atom stereocenters. The molecular formula is C10H10N2O2S. The maximum Gasteiger partial charge on any atom is 0.367 e. The summed E-state index contributed by atoms with van der Waals surface area (Å²) in [5, 5.41) is 0.352. The van der Waals surface area contributed by atoms with Crippen LogP contribution in [0.1, 0.15) is 16.7 Å². The van der Waals surface area contributed by atoms with Gasteiger partial charge < -0.3 is 10.5 Å². The lowest BCUT2D eigenvalue weighted by Crippen LogP contribution is -2.03. The van der Waals surface area contributed by atoms with Gasteiger partial charge in [-0.3, -0.25) is 0 Å². The fraction of sp³-hybridized carbons (Fsp3) is 0.200. The first-order chi connectivity index (χ1) is 7.22. The highest BCUT2D eigenvalue weighted by Crippen LogP contribution is 2.26. The highest BCUT2D eigenvalue weighted by molar-refractivity contribution is 7.20. The number of aromatic nitrogens is 1. The largest absolute Gasteiger partial charge is 0.461 e. The van der Waals surface area contributed by atoms with Crippen LogP contribution in [0.4, 0.5) is 5.69 Å². The molecular weight excluding hydrogens is 212 g/mol. The first-order valence-electron chi connectivity index (χ1n) is 4.54. The molecule has 0 aliphatic carbocycles. The molecule has 2 rings (SSSR count). The summed E-state index contributed by atoms with van der Waals surface area (Å²) in [7, 11) is 0. The van der Waals surface area contributed by atoms with Crippen LogP contribution in [0.2, 0.25) is 0 Å². The van der Waals surface area contributed by atoms with Gasteiger partial charge >= 0.3 is 5.97 Å². The monoisotopic (exact) mass is 222 g/mol. The van der Waals surface area contributed by atoms with Gasteiger partial charge in [-0.05, 0) is 19.1 Å². The van der Waals surface area contributed by atoms with E-state index in [1.54, 1.807) is 13.0 Å². The molecule has 2 aromatic rings. The highest BCUT2D eigenvalue weighted by atomic mass is 32.1. The van der Waals surface area contributed by atoms with Crippen molar-refractivity contribution in [3.63, 3.8) is 0 Å². The van der Waals surface area contributed by atoms with E-state index in [1.807, 2.05) is 12.1 Å². The molecule has 0 amide bonds. The minimum absolute atomic E-state index is 0.351. The number of hydrogen-bond donors (Lipinski definition) is 1. The smallest absolute Gasteiger partial charge is 0.367 e. The van der Waals surface area contributed by atoms with Gasteiger partial charge in [0.15, 0.2) is 0 Å². The van der Waals surface area contributed by atoms with Gasteiger partial charge in [-0.2, -0.15) is 0 Å². The zero-order chi connectivity index (χ0) is 10.8. The van der Waals surface area contributed by atoms with E-state index in [0.717, 1.165) is 4.70 Å². The second-order valence-corrected chi connectivity index (χ2v) is 3.96. The van der Waals surface area contributed by atoms with Gasteiger partial charge in [0.25, 0.3) is 0 Å². The SMILES string of the molecule is CCOC(=O)c1nc2c(N)cccc2s1. The lowest BCUT2D eigenvalue weighted by molar-refractivity contribution is 0.0526. The maximum absolute atomic E-state index is 11.4. The van der Waals surface area contributed by atoms with E-state index in [0.29, 0.717) is 22.8 Å². The first kappa shape index (κ1) is 9.92. The Hall–Kier alpha value is -1.62. The molecule has 1 aromatic carbocycles. The summed E-state index contributed by atoms with van der Waals surface area (Å²) < 4.78 is 5.77. The van der Waals surface area contributed by atoms with E-state index in [4.69, 9.17) is 10.5 Å². The second kappa shape index (κ2) is 3.86. The molecule has 0 saturated carbocycles. The summed E-state index contributed by atoms with van der Waals surface area (Å²) in [5.74, 6) is -0.391. The third-order valence-electron chi connectivity index (χ3n) is 1.90. The Morgan fingerprint density at radius 2 is 2.40 bits per heavy atom. The van der Waals surface area contributed by atoms with Crippen LogP contribution in [-0.4, -0.2) is 17.6 Å². The Morgan fingerprint density at radius 1 is 1.60 bits per heavy atom. The molecule has 1 aromatic heterocycles. The Balaban J connectivity index is 2.47. The van der Waals surface area contributed by atoms with Crippen LogP contribution in [-0.2, 0) is 4.74 Å². The quantitative estimate of drug-likeness (QED) is 0.624. The Morgan fingerprint density at radius 3 is 3.07 bits per heavy atom. The molecule has 0 bridgehead atoms. The molecule has 0 aliphatic rings. The number of nitrogens with two attached hydrogens (primary N) is 1. The molecule has 0 atom stereocenters. The van der Waals surface area contributed by atoms with Crippen LogP contribution in [0.25, 0.3) is 10.2 Å². The summed E-state index contributed by atoms with van der Waals surface area (Å²) in [4.78, 5) is 15.6. The standard InChI is InChI=1S/C10H10N2O2S/c1-2-14-10(13)9-12-8-6(11)4-3-5-7(8)15-9/h3-5H,2,11H2,1H3. The van der Waals surface area contributed by atoms with Crippen molar-refractivity contribution in [2.75, 3.05) is 12.3 Å². The van der Waals surface area contributed by atoms with Gasteiger partial charge in [0.2, 0.25) is 5.01 Å². The zero-order valence-electron chi connectivity index (χ0n) is 8.19. The number of thiazole rings is 1. The number of nitrogens with zero attached hydrogens (tertiary/aromatic N) is 1. The molecule has 0 spiro atoms. The number of esters is 1. The third-order valence-corrected chi connectivity index (χ3v) is 2.90. The van der Waals surface area contributed by atoms with Crippen molar-refractivity contribution in [1.29, 1.82) is 0 Å². The zero-order valence-corrected chi connectivity index (χ0v) is 9.00. The molecule has 5 heteroatoms. The Bertz CT molecular complexity index is 507. The van der Waals surface area contributed by atoms with Gasteiger partial charge in [-0.25, -0.2) is 9.78 Å². The predicted octanol–water partition coefficient (Wildman–Crippen LogP) is 2.06. The molecule has 0 fully saturated rings. The summed E-state index contributed by atoms with van der Waals surface area (Å²) in [6.45, 7) is 2.11. The average Bonchev–Trinajstić information content (AvgIpc) is 2.63. The van der Waals surface area contributed by atoms with Gasteiger partial charge in [0.05, 0.1) is 17.0 Å². The Kier molecular flexibility index (Phi) is 2.55. The number of fused-ring (bicyclic) bond motifs is 1. The van der Waals surface area contributed by atoms with Crippen LogP contribution in [0, 0.1) is 0 Å². The molecule has 15 heavy (non-hydrogen) atoms. The lowest BCUT2D eigenvalue weighted by atomic mass is 10.3. The predicted molar refractivity (Wildman–Crippen MR) is 60.0 cm³/mol. The highest BCUT2D eigenvalue weighted by Gasteiger charge is 2.13. The number of carbonyl (C=O) groups is 1. The fourth-order valence-electron chi connectivity index (χ4n) is 1.25. The second-order valence-electron chi connectivity index (χ2n) is 2.93. The summed E-state index contributed by atoms with van der Waals surface area (Å²) in [6.07, 6.45) is 0. The molecule has 0 aliphatic heterocycles. The Labute approximate surface area is 90.7 Å². The minimum Gasteiger partial charge on any atom is -0.461 e. The minimum atomic E-state index is -0.391. The third kappa shape index (κ3) is 1.78. The van der Waals surface area contributed by atoms with Gasteiger partial charge in [0, 0.05) is 0 Å². The van der Waals surface area contributed by atoms with Crippen LogP contribution in [0.5, 0.6) is 0 Å². The molecule has 78 valence electrons. The van der Waals surface area contributed by atoms with Crippen molar-refractivity contribution >= 4 is 33.2 Å². The van der Waals surface area contributed by atoms with E-state index in [1.165, 1.54) is 11.3 Å². The maximum atomic E-state index is 11.4. The van der Waals surface area contributed by atoms with Crippen LogP contribution >= 0.6 is 11.3 Å². The number of rotatable bonds is 2. The van der Waals surface area contributed by atoms with E-state index in [-0.39, 0.29) is 0 Å². The molecule has 0 saturated heterocycles. The topological polar surface area (TPSA) is 65.2 Å². The summed E-state index contributed by atoms with van der Waals surface area (Å²) >= 11 is 1.29. The number of hydrogen-bond acceptors (Lipinski definition) is 5. The summed E-state index contributed by atoms with van der Waals surface area (Å²) in [5.41, 5.74) is 6.99. The van der Waals surface area contributed by atoms with Crippen molar-refractivity contribution < 1.29 is 9.53 Å². The molecule has 0 radical (unpaired) electrons. The van der Waals surface area contributed by atoms with E-state index in [2.05, 4.69) is 4.98 Å². The normalized spacial score (nSPS) is 10.5. The van der Waals surface area contributed by atoms with Gasteiger partial charge in [0.1, 0.15) is 5.52 Å². The number of ether oxygens (including phenoxy) is 1. The van der Waals surface area contributed by atoms with Crippen LogP contribution < -0.4 is 5.73 Å². The molecule has 4 nitrogen and oxygen atoms in total. The van der Waals surface area contributed by atoms with Crippen molar-refractivity contribution in [2.24, 2.45) is 0 Å². The van der Waals surface area contributed by atoms with E-state index >= 15 is 0 Å². The van der Waals surface area contributed by atoms with E-state index < -0.39 is 5.97 Å². The first-order valence-corrected chi connectivity index (χ1v) is 5.36. The fourth-order valence-corrected chi connectivity index (χ4v) is 2.14. The lowest BCUT2D eigenvalue weighted by Gasteiger charge is -1.95. The average molecular weight is 222 g/mol. The molecule has 1 heterocycles. The van der Waals surface area contributed by atoms with Crippen molar-refractivity contribution in [3.8, 4) is 0 Å². The molecule has 2 N–H and O–H groups in total. The number of carbonyl (C=O) groups excluding carboxylic acids is 1. The van der Waals surface area contributed by atoms with E-state index in [9.17, 15) is 4.79 Å². The van der Waals surface area contributed by atoms with Crippen LogP contribution in [0.3, 0.4) is 0 Å². The van der Waals surface area contributed by atoms with Crippen molar-refractivity contribution in [3.05, 3.63) is 23.2 Å². The number of nitrogen functional groups attached to an aromatic ring is 1. The number of anilines is 1.